The molecule has 1 heterocycles. The molecule has 1 spiro atoms. The topological polar surface area (TPSA) is 41.6 Å². The van der Waals surface area contributed by atoms with Gasteiger partial charge in [0.05, 0.1) is 0 Å². The first-order valence-corrected chi connectivity index (χ1v) is 6.49. The Morgan fingerprint density at radius 1 is 1.41 bits per heavy atom. The zero-order chi connectivity index (χ0) is 12.7. The van der Waals surface area contributed by atoms with E-state index in [-0.39, 0.29) is 6.09 Å². The van der Waals surface area contributed by atoms with E-state index in [2.05, 4.69) is 17.3 Å². The number of likely N-dealkylation sites (tertiary alicyclic amines) is 1. The van der Waals surface area contributed by atoms with Gasteiger partial charge in [-0.2, -0.15) is 0 Å². The van der Waals surface area contributed by atoms with Crippen molar-refractivity contribution in [3.63, 3.8) is 0 Å². The van der Waals surface area contributed by atoms with E-state index in [1.54, 1.807) is 0 Å². The number of hydrogen-bond donors (Lipinski definition) is 1. The van der Waals surface area contributed by atoms with E-state index in [1.165, 1.54) is 12.8 Å². The molecule has 4 nitrogen and oxygen atoms in total. The lowest BCUT2D eigenvalue weighted by Gasteiger charge is -2.47. The van der Waals surface area contributed by atoms with E-state index in [0.29, 0.717) is 11.5 Å². The van der Waals surface area contributed by atoms with Gasteiger partial charge in [-0.1, -0.05) is 0 Å². The highest BCUT2D eigenvalue weighted by Gasteiger charge is 2.50. The van der Waals surface area contributed by atoms with Gasteiger partial charge in [0.25, 0.3) is 0 Å². The van der Waals surface area contributed by atoms with Crippen molar-refractivity contribution in [1.82, 2.24) is 10.2 Å². The Balaban J connectivity index is 1.86. The van der Waals surface area contributed by atoms with Gasteiger partial charge < -0.3 is 15.0 Å². The van der Waals surface area contributed by atoms with Crippen LogP contribution in [0.2, 0.25) is 0 Å². The number of alkyl carbamates (subject to hydrolysis) is 1. The first-order chi connectivity index (χ1) is 7.81. The van der Waals surface area contributed by atoms with E-state index < -0.39 is 5.60 Å². The maximum absolute atomic E-state index is 11.7. The fourth-order valence-corrected chi connectivity index (χ4v) is 2.97. The predicted octanol–water partition coefficient (Wildman–Crippen LogP) is 2.00. The fourth-order valence-electron chi connectivity index (χ4n) is 2.97. The molecule has 2 rings (SSSR count). The van der Waals surface area contributed by atoms with Gasteiger partial charge in [-0.3, -0.25) is 0 Å². The number of amides is 1. The van der Waals surface area contributed by atoms with Crippen LogP contribution >= 0.6 is 0 Å². The minimum absolute atomic E-state index is 0.267. The number of carbonyl (C=O) groups is 1. The molecule has 1 amide bonds. The van der Waals surface area contributed by atoms with Crippen molar-refractivity contribution >= 4 is 6.09 Å². The Morgan fingerprint density at radius 2 is 2.12 bits per heavy atom. The van der Waals surface area contributed by atoms with Gasteiger partial charge in [0.2, 0.25) is 0 Å². The summed E-state index contributed by atoms with van der Waals surface area (Å²) in [6.07, 6.45) is 3.26. The van der Waals surface area contributed by atoms with E-state index >= 15 is 0 Å². The number of nitrogens with zero attached hydrogens (tertiary/aromatic N) is 1. The number of carbonyl (C=O) groups excluding carboxylic acids is 1. The molecule has 1 aliphatic heterocycles. The highest BCUT2D eigenvalue weighted by Crippen LogP contribution is 2.47. The molecule has 4 heteroatoms. The smallest absolute Gasteiger partial charge is 0.407 e. The molecular formula is C13H24N2O2. The molecule has 0 bridgehead atoms. The van der Waals surface area contributed by atoms with Gasteiger partial charge in [0.15, 0.2) is 0 Å². The maximum Gasteiger partial charge on any atom is 0.407 e. The summed E-state index contributed by atoms with van der Waals surface area (Å²) in [5, 5.41) is 3.04. The Morgan fingerprint density at radius 3 is 2.53 bits per heavy atom. The zero-order valence-electron chi connectivity index (χ0n) is 11.4. The molecule has 1 saturated heterocycles. The van der Waals surface area contributed by atoms with Crippen LogP contribution < -0.4 is 5.32 Å². The summed E-state index contributed by atoms with van der Waals surface area (Å²) >= 11 is 0. The minimum atomic E-state index is -0.409. The van der Waals surface area contributed by atoms with Crippen LogP contribution in [0, 0.1) is 5.41 Å². The third kappa shape index (κ3) is 2.73. The fraction of sp³-hybridized carbons (Fsp3) is 0.923. The summed E-state index contributed by atoms with van der Waals surface area (Å²) in [7, 11) is 2.15. The summed E-state index contributed by atoms with van der Waals surface area (Å²) in [5.74, 6) is 0. The van der Waals surface area contributed by atoms with Crippen molar-refractivity contribution in [3.8, 4) is 0 Å². The van der Waals surface area contributed by atoms with Crippen molar-refractivity contribution in [2.75, 3.05) is 20.1 Å². The van der Waals surface area contributed by atoms with E-state index in [9.17, 15) is 4.79 Å². The van der Waals surface area contributed by atoms with Crippen LogP contribution in [0.1, 0.15) is 40.0 Å². The average Bonchev–Trinajstić information content (AvgIpc) is 2.55. The molecule has 0 aromatic heterocycles. The zero-order valence-corrected chi connectivity index (χ0v) is 11.4. The van der Waals surface area contributed by atoms with Crippen molar-refractivity contribution in [2.45, 2.75) is 51.7 Å². The third-order valence-corrected chi connectivity index (χ3v) is 3.94. The first-order valence-electron chi connectivity index (χ1n) is 6.49. The van der Waals surface area contributed by atoms with E-state index in [0.717, 1.165) is 19.5 Å². The second-order valence-corrected chi connectivity index (χ2v) is 6.59. The molecule has 0 radical (unpaired) electrons. The Kier molecular flexibility index (Phi) is 3.10. The molecule has 1 saturated carbocycles. The SMILES string of the molecule is CN1CCC2(CCC2NC(=O)OC(C)(C)C)C1. The highest BCUT2D eigenvalue weighted by atomic mass is 16.6. The monoisotopic (exact) mass is 240 g/mol. The van der Waals surface area contributed by atoms with Crippen molar-refractivity contribution in [3.05, 3.63) is 0 Å². The molecule has 0 aromatic rings. The van der Waals surface area contributed by atoms with Crippen LogP contribution in [0.5, 0.6) is 0 Å². The summed E-state index contributed by atoms with van der Waals surface area (Å²) in [6, 6.07) is 0.308. The lowest BCUT2D eigenvalue weighted by Crippen LogP contribution is -2.56. The Hall–Kier alpha value is -0.770. The molecule has 1 N–H and O–H groups in total. The first kappa shape index (κ1) is 12.7. The molecule has 2 fully saturated rings. The lowest BCUT2D eigenvalue weighted by molar-refractivity contribution is 0.0268. The summed E-state index contributed by atoms with van der Waals surface area (Å²) in [6.45, 7) is 7.94. The van der Waals surface area contributed by atoms with Crippen LogP contribution in [0.4, 0.5) is 4.79 Å². The molecule has 98 valence electrons. The maximum atomic E-state index is 11.7. The van der Waals surface area contributed by atoms with Crippen LogP contribution in [0.15, 0.2) is 0 Å². The van der Waals surface area contributed by atoms with Crippen LogP contribution in [0.25, 0.3) is 0 Å². The molecular weight excluding hydrogens is 216 g/mol. The molecule has 17 heavy (non-hydrogen) atoms. The quantitative estimate of drug-likeness (QED) is 0.762. The molecule has 0 aromatic carbocycles. The number of rotatable bonds is 1. The number of nitrogens with one attached hydrogen (secondary N) is 1. The van der Waals surface area contributed by atoms with Crippen LogP contribution in [0.3, 0.4) is 0 Å². The average molecular weight is 240 g/mol. The van der Waals surface area contributed by atoms with E-state index in [4.69, 9.17) is 4.74 Å². The summed E-state index contributed by atoms with van der Waals surface area (Å²) < 4.78 is 5.31. The Labute approximate surface area is 104 Å². The second kappa shape index (κ2) is 4.16. The van der Waals surface area contributed by atoms with Crippen molar-refractivity contribution in [1.29, 1.82) is 0 Å². The van der Waals surface area contributed by atoms with Gasteiger partial charge >= 0.3 is 6.09 Å². The lowest BCUT2D eigenvalue weighted by atomic mass is 9.64. The largest absolute Gasteiger partial charge is 0.444 e. The van der Waals surface area contributed by atoms with E-state index in [1.807, 2.05) is 20.8 Å². The Bertz CT molecular complexity index is 311. The van der Waals surface area contributed by atoms with Gasteiger partial charge in [-0.15, -0.1) is 0 Å². The second-order valence-electron chi connectivity index (χ2n) is 6.59. The minimum Gasteiger partial charge on any atom is -0.444 e. The number of hydrogen-bond acceptors (Lipinski definition) is 3. The molecule has 1 aliphatic carbocycles. The van der Waals surface area contributed by atoms with Crippen molar-refractivity contribution in [2.24, 2.45) is 5.41 Å². The number of ether oxygens (including phenoxy) is 1. The molecule has 2 unspecified atom stereocenters. The standard InChI is InChI=1S/C13H24N2O2/c1-12(2,3)17-11(16)14-10-5-6-13(10)7-8-15(4)9-13/h10H,5-9H2,1-4H3,(H,14,16). The normalized spacial score (nSPS) is 33.5. The summed E-state index contributed by atoms with van der Waals surface area (Å²) in [4.78, 5) is 14.1. The molecule has 2 atom stereocenters. The van der Waals surface area contributed by atoms with Crippen molar-refractivity contribution < 1.29 is 9.53 Å². The van der Waals surface area contributed by atoms with Gasteiger partial charge in [-0.25, -0.2) is 4.79 Å². The predicted molar refractivity (Wildman–Crippen MR) is 66.9 cm³/mol. The van der Waals surface area contributed by atoms with Crippen LogP contribution in [-0.2, 0) is 4.74 Å². The van der Waals surface area contributed by atoms with Gasteiger partial charge in [-0.05, 0) is 53.6 Å². The molecule has 2 aliphatic rings. The third-order valence-electron chi connectivity index (χ3n) is 3.94. The summed E-state index contributed by atoms with van der Waals surface area (Å²) in [5.41, 5.74) is -0.0842. The highest BCUT2D eigenvalue weighted by molar-refractivity contribution is 5.68. The van der Waals surface area contributed by atoms with Gasteiger partial charge in [0, 0.05) is 18.0 Å². The van der Waals surface area contributed by atoms with Crippen LogP contribution in [-0.4, -0.2) is 42.8 Å². The van der Waals surface area contributed by atoms with Gasteiger partial charge in [0.1, 0.15) is 5.60 Å².